The van der Waals surface area contributed by atoms with Gasteiger partial charge in [-0.25, -0.2) is 4.79 Å². The molecule has 1 heterocycles. The smallest absolute Gasteiger partial charge is 0.342 e. The summed E-state index contributed by atoms with van der Waals surface area (Å²) in [5.41, 5.74) is 4.36. The maximum Gasteiger partial charge on any atom is 0.342 e. The molecular formula is C32H30O4. The third-order valence-corrected chi connectivity index (χ3v) is 7.31. The highest BCUT2D eigenvalue weighted by Gasteiger charge is 2.53. The van der Waals surface area contributed by atoms with E-state index in [-0.39, 0.29) is 23.5 Å². The van der Waals surface area contributed by atoms with Gasteiger partial charge in [-0.1, -0.05) is 77.9 Å². The van der Waals surface area contributed by atoms with Gasteiger partial charge in [0.05, 0.1) is 18.4 Å². The molecule has 0 bridgehead atoms. The van der Waals surface area contributed by atoms with Crippen molar-refractivity contribution in [1.29, 1.82) is 0 Å². The monoisotopic (exact) mass is 478 g/mol. The molecule has 0 aromatic heterocycles. The van der Waals surface area contributed by atoms with Gasteiger partial charge in [0.2, 0.25) is 0 Å². The van der Waals surface area contributed by atoms with E-state index >= 15 is 0 Å². The number of fused-ring (bicyclic) bond motifs is 1. The number of ketones is 1. The van der Waals surface area contributed by atoms with E-state index in [2.05, 4.69) is 44.2 Å². The van der Waals surface area contributed by atoms with Crippen molar-refractivity contribution < 1.29 is 19.1 Å². The second-order valence-electron chi connectivity index (χ2n) is 9.79. The van der Waals surface area contributed by atoms with Gasteiger partial charge in [0.25, 0.3) is 0 Å². The van der Waals surface area contributed by atoms with Gasteiger partial charge >= 0.3 is 5.97 Å². The molecule has 1 saturated heterocycles. The number of allylic oxidation sites excluding steroid dienone is 2. The Morgan fingerprint density at radius 2 is 1.67 bits per heavy atom. The molecule has 3 aromatic rings. The number of rotatable bonds is 6. The number of esters is 1. The minimum Gasteiger partial charge on any atom is -0.431 e. The third kappa shape index (κ3) is 4.69. The van der Waals surface area contributed by atoms with Crippen molar-refractivity contribution in [3.63, 3.8) is 0 Å². The summed E-state index contributed by atoms with van der Waals surface area (Å²) >= 11 is 0. The van der Waals surface area contributed by atoms with Crippen LogP contribution in [0.2, 0.25) is 0 Å². The zero-order chi connectivity index (χ0) is 25.1. The minimum atomic E-state index is -0.647. The summed E-state index contributed by atoms with van der Waals surface area (Å²) in [6.07, 6.45) is 7.47. The summed E-state index contributed by atoms with van der Waals surface area (Å²) in [7, 11) is 0. The molecule has 0 amide bonds. The molecule has 5 rings (SSSR count). The Morgan fingerprint density at radius 1 is 1.00 bits per heavy atom. The Hall–Kier alpha value is -3.76. The Balaban J connectivity index is 1.51. The molecule has 1 fully saturated rings. The predicted octanol–water partition coefficient (Wildman–Crippen LogP) is 6.44. The lowest BCUT2D eigenvalue weighted by atomic mass is 9.67. The average Bonchev–Trinajstić information content (AvgIpc) is 3.26. The molecule has 4 atom stereocenters. The van der Waals surface area contributed by atoms with E-state index in [0.717, 1.165) is 22.3 Å². The highest BCUT2D eigenvalue weighted by atomic mass is 16.5. The fraction of sp³-hybridized carbons (Fsp3) is 0.250. The van der Waals surface area contributed by atoms with Crippen molar-refractivity contribution in [2.45, 2.75) is 31.8 Å². The van der Waals surface area contributed by atoms with Gasteiger partial charge in [0.1, 0.15) is 5.60 Å². The highest BCUT2D eigenvalue weighted by molar-refractivity contribution is 5.91. The van der Waals surface area contributed by atoms with Gasteiger partial charge in [0, 0.05) is 18.3 Å². The third-order valence-electron chi connectivity index (χ3n) is 7.31. The lowest BCUT2D eigenvalue weighted by Crippen LogP contribution is -2.37. The van der Waals surface area contributed by atoms with Crippen molar-refractivity contribution in [2.75, 3.05) is 6.61 Å². The van der Waals surface area contributed by atoms with Crippen LogP contribution in [0.5, 0.6) is 0 Å². The molecule has 3 aromatic carbocycles. The van der Waals surface area contributed by atoms with E-state index in [4.69, 9.17) is 9.47 Å². The van der Waals surface area contributed by atoms with Crippen molar-refractivity contribution in [3.05, 3.63) is 131 Å². The lowest BCUT2D eigenvalue weighted by Gasteiger charge is -2.37. The van der Waals surface area contributed by atoms with Crippen LogP contribution in [-0.2, 0) is 19.9 Å². The average molecular weight is 479 g/mol. The zero-order valence-electron chi connectivity index (χ0n) is 20.6. The number of hydrogen-bond acceptors (Lipinski definition) is 4. The van der Waals surface area contributed by atoms with Crippen molar-refractivity contribution in [1.82, 2.24) is 0 Å². The van der Waals surface area contributed by atoms with Crippen LogP contribution in [0.1, 0.15) is 45.0 Å². The summed E-state index contributed by atoms with van der Waals surface area (Å²) in [4.78, 5) is 25.2. The van der Waals surface area contributed by atoms with Gasteiger partial charge < -0.3 is 9.47 Å². The summed E-state index contributed by atoms with van der Waals surface area (Å²) in [6, 6.07) is 25.6. The number of ether oxygens (including phenoxy) is 2. The largest absolute Gasteiger partial charge is 0.431 e. The Labute approximate surface area is 212 Å². The fourth-order valence-electron chi connectivity index (χ4n) is 5.73. The Morgan fingerprint density at radius 3 is 2.36 bits per heavy atom. The number of carbonyl (C=O) groups excluding carboxylic acids is 2. The highest BCUT2D eigenvalue weighted by Crippen LogP contribution is 2.53. The van der Waals surface area contributed by atoms with Crippen LogP contribution in [0.4, 0.5) is 0 Å². The van der Waals surface area contributed by atoms with Crippen LogP contribution in [0.25, 0.3) is 0 Å². The zero-order valence-corrected chi connectivity index (χ0v) is 20.6. The molecule has 1 aliphatic heterocycles. The van der Waals surface area contributed by atoms with Crippen LogP contribution in [0, 0.1) is 25.7 Å². The van der Waals surface area contributed by atoms with Crippen molar-refractivity contribution >= 4 is 11.8 Å². The second-order valence-corrected chi connectivity index (χ2v) is 9.79. The van der Waals surface area contributed by atoms with Gasteiger partial charge in [-0.05, 0) is 61.3 Å². The summed E-state index contributed by atoms with van der Waals surface area (Å²) in [5, 5.41) is 0. The molecule has 1 aliphatic carbocycles. The first-order valence-corrected chi connectivity index (χ1v) is 12.4. The summed E-state index contributed by atoms with van der Waals surface area (Å²) < 4.78 is 12.1. The Kier molecular flexibility index (Phi) is 6.71. The lowest BCUT2D eigenvalue weighted by molar-refractivity contribution is -0.118. The molecule has 0 saturated carbocycles. The quantitative estimate of drug-likeness (QED) is 0.302. The van der Waals surface area contributed by atoms with Gasteiger partial charge in [0.15, 0.2) is 5.78 Å². The fourth-order valence-corrected chi connectivity index (χ4v) is 5.73. The van der Waals surface area contributed by atoms with Gasteiger partial charge in [-0.3, -0.25) is 4.79 Å². The predicted molar refractivity (Wildman–Crippen MR) is 139 cm³/mol. The maximum atomic E-state index is 12.6. The Bertz CT molecular complexity index is 1290. The van der Waals surface area contributed by atoms with E-state index in [9.17, 15) is 9.59 Å². The van der Waals surface area contributed by atoms with E-state index in [1.807, 2.05) is 48.6 Å². The van der Waals surface area contributed by atoms with Crippen LogP contribution in [0.15, 0.2) is 103 Å². The maximum absolute atomic E-state index is 12.6. The number of carbonyl (C=O) groups is 2. The van der Waals surface area contributed by atoms with Crippen LogP contribution in [-0.4, -0.2) is 18.4 Å². The molecule has 2 aliphatic rings. The summed E-state index contributed by atoms with van der Waals surface area (Å²) in [5.74, 6) is -0.407. The molecule has 0 spiro atoms. The number of hydrogen-bond donors (Lipinski definition) is 0. The molecule has 0 N–H and O–H groups in total. The number of aryl methyl sites for hydroxylation is 2. The minimum absolute atomic E-state index is 0.0204. The molecular weight excluding hydrogens is 448 g/mol. The molecule has 4 heteroatoms. The number of benzene rings is 3. The first kappa shape index (κ1) is 24.0. The molecule has 0 radical (unpaired) electrons. The van der Waals surface area contributed by atoms with Crippen LogP contribution >= 0.6 is 0 Å². The standard InChI is InChI=1S/C32H30O4/c1-22-17-23(2)19-25(18-22)28(14-16-35-31(34)24-9-5-3-6-10-24)29-21-36-32(26-11-7-4-8-12-26)15-13-27(33)20-30(29)32/h3-19,28-30H,20-21H2,1-2H3/b16-14-. The SMILES string of the molecule is Cc1cc(C)cc(C(/C=C\OC(=O)c2ccccc2)C2COC3(c4ccccc4)C=CC(=O)CC23)c1. The molecule has 36 heavy (non-hydrogen) atoms. The first-order chi connectivity index (χ1) is 17.5. The normalized spacial score (nSPS) is 24.0. The van der Waals surface area contributed by atoms with E-state index in [0.29, 0.717) is 18.6 Å². The van der Waals surface area contributed by atoms with Crippen LogP contribution in [0.3, 0.4) is 0 Å². The molecule has 4 unspecified atom stereocenters. The van der Waals surface area contributed by atoms with Crippen molar-refractivity contribution in [2.24, 2.45) is 11.8 Å². The second kappa shape index (κ2) is 10.1. The van der Waals surface area contributed by atoms with Crippen molar-refractivity contribution in [3.8, 4) is 0 Å². The first-order valence-electron chi connectivity index (χ1n) is 12.4. The van der Waals surface area contributed by atoms with Crippen LogP contribution < -0.4 is 0 Å². The van der Waals surface area contributed by atoms with E-state index < -0.39 is 11.6 Å². The van der Waals surface area contributed by atoms with E-state index in [1.54, 1.807) is 18.2 Å². The molecule has 4 nitrogen and oxygen atoms in total. The van der Waals surface area contributed by atoms with Gasteiger partial charge in [-0.2, -0.15) is 0 Å². The van der Waals surface area contributed by atoms with E-state index in [1.165, 1.54) is 6.26 Å². The van der Waals surface area contributed by atoms with Gasteiger partial charge in [-0.15, -0.1) is 0 Å². The topological polar surface area (TPSA) is 52.6 Å². The molecule has 182 valence electrons. The summed E-state index contributed by atoms with van der Waals surface area (Å²) in [6.45, 7) is 4.66.